The summed E-state index contributed by atoms with van der Waals surface area (Å²) in [5.74, 6) is 4.21. The zero-order chi connectivity index (χ0) is 35.6. The van der Waals surface area contributed by atoms with Crippen LogP contribution in [0.3, 0.4) is 0 Å². The lowest BCUT2D eigenvalue weighted by Crippen LogP contribution is -2.12. The van der Waals surface area contributed by atoms with Gasteiger partial charge in [0.25, 0.3) is 0 Å². The van der Waals surface area contributed by atoms with Gasteiger partial charge in [0, 0.05) is 22.3 Å². The maximum Gasteiger partial charge on any atom is 0.160 e. The van der Waals surface area contributed by atoms with Gasteiger partial charge in [-0.1, -0.05) is 57.2 Å². The number of Topliss-reactive ketones (excluding diaryl/α,β-unsaturated/α-hetero) is 3. The highest BCUT2D eigenvalue weighted by molar-refractivity contribution is 5.97. The number of ketones is 3. The van der Waals surface area contributed by atoms with Crippen molar-refractivity contribution in [2.45, 2.75) is 47.0 Å². The smallest absolute Gasteiger partial charge is 0.160 e. The van der Waals surface area contributed by atoms with Crippen LogP contribution in [0.1, 0.15) is 78.2 Å². The molecule has 0 saturated heterocycles. The van der Waals surface area contributed by atoms with E-state index in [-0.39, 0.29) is 22.8 Å². The Hall–Kier alpha value is -5.11. The Kier molecular flexibility index (Phi) is 17.1. The number of rotatable bonds is 8. The maximum absolute atomic E-state index is 10.8. The van der Waals surface area contributed by atoms with Crippen molar-refractivity contribution in [2.24, 2.45) is 0 Å². The molecule has 0 fully saturated rings. The van der Waals surface area contributed by atoms with Gasteiger partial charge in [-0.15, -0.1) is 0 Å². The van der Waals surface area contributed by atoms with Gasteiger partial charge in [-0.2, -0.15) is 0 Å². The van der Waals surface area contributed by atoms with Crippen LogP contribution in [0.15, 0.2) is 91.0 Å². The summed E-state index contributed by atoms with van der Waals surface area (Å²) in [5, 5.41) is 0. The monoisotopic (exact) mass is 644 g/mol. The van der Waals surface area contributed by atoms with Gasteiger partial charge >= 0.3 is 0 Å². The summed E-state index contributed by atoms with van der Waals surface area (Å²) in [4.78, 5) is 32.5. The highest BCUT2D eigenvalue weighted by atomic mass is 16.5. The Labute approximate surface area is 279 Å². The molecule has 8 nitrogen and oxygen atoms in total. The molecule has 0 heterocycles. The zero-order valence-electron chi connectivity index (χ0n) is 29.4. The molecule has 4 rings (SSSR count). The van der Waals surface area contributed by atoms with E-state index < -0.39 is 0 Å². The van der Waals surface area contributed by atoms with Crippen molar-refractivity contribution in [1.29, 1.82) is 0 Å². The fraction of sp³-hybridized carbons (Fsp3) is 0.308. The molecule has 0 aliphatic heterocycles. The van der Waals surface area contributed by atoms with Gasteiger partial charge < -0.3 is 23.7 Å². The van der Waals surface area contributed by atoms with E-state index in [9.17, 15) is 14.4 Å². The lowest BCUT2D eigenvalue weighted by atomic mass is 9.86. The van der Waals surface area contributed by atoms with Gasteiger partial charge in [0.1, 0.15) is 17.2 Å². The van der Waals surface area contributed by atoms with Crippen LogP contribution in [0.5, 0.6) is 28.7 Å². The first-order valence-corrected chi connectivity index (χ1v) is 14.9. The van der Waals surface area contributed by atoms with E-state index in [0.29, 0.717) is 16.7 Å². The molecule has 0 aliphatic rings. The number of hydrogen-bond donors (Lipinski definition) is 0. The molecule has 252 valence electrons. The molecule has 0 aromatic heterocycles. The molecule has 4 aromatic carbocycles. The fourth-order valence-corrected chi connectivity index (χ4v) is 3.95. The van der Waals surface area contributed by atoms with Crippen LogP contribution in [-0.4, -0.2) is 52.9 Å². The SMILES string of the molecule is CC(=O)c1ccc(C(C)=O)cc1.COc1ccc(C(C)=O)cc1.COc1ccc(OC)c(C(C)(C)C)c1.COc1ccccc1OC. The third-order valence-electron chi connectivity index (χ3n) is 6.70. The van der Waals surface area contributed by atoms with Crippen molar-refractivity contribution in [3.05, 3.63) is 113 Å². The molecule has 0 bridgehead atoms. The van der Waals surface area contributed by atoms with Crippen LogP contribution in [0, 0.1) is 0 Å². The van der Waals surface area contributed by atoms with Crippen LogP contribution < -0.4 is 23.7 Å². The summed E-state index contributed by atoms with van der Waals surface area (Å²) < 4.78 is 25.5. The molecule has 0 saturated carbocycles. The molecule has 0 radical (unpaired) electrons. The number of methoxy groups -OCH3 is 5. The molecular formula is C39H48O8. The van der Waals surface area contributed by atoms with E-state index in [4.69, 9.17) is 23.7 Å². The maximum atomic E-state index is 10.8. The van der Waals surface area contributed by atoms with Gasteiger partial charge in [0.15, 0.2) is 28.8 Å². The third-order valence-corrected chi connectivity index (χ3v) is 6.70. The van der Waals surface area contributed by atoms with Gasteiger partial charge in [0.05, 0.1) is 35.5 Å². The van der Waals surface area contributed by atoms with Crippen molar-refractivity contribution in [3.8, 4) is 28.7 Å². The minimum atomic E-state index is 0.0186. The van der Waals surface area contributed by atoms with Crippen molar-refractivity contribution >= 4 is 17.3 Å². The lowest BCUT2D eigenvalue weighted by Gasteiger charge is -2.22. The second-order valence-corrected chi connectivity index (χ2v) is 11.1. The van der Waals surface area contributed by atoms with Crippen molar-refractivity contribution in [2.75, 3.05) is 35.5 Å². The average Bonchev–Trinajstić information content (AvgIpc) is 3.08. The Bertz CT molecular complexity index is 1490. The minimum absolute atomic E-state index is 0.0186. The van der Waals surface area contributed by atoms with E-state index in [0.717, 1.165) is 28.7 Å². The number of benzene rings is 4. The molecule has 0 unspecified atom stereocenters. The van der Waals surface area contributed by atoms with Crippen LogP contribution >= 0.6 is 0 Å². The highest BCUT2D eigenvalue weighted by Crippen LogP contribution is 2.34. The summed E-state index contributed by atoms with van der Waals surface area (Å²) >= 11 is 0. The summed E-state index contributed by atoms with van der Waals surface area (Å²) in [5.41, 5.74) is 3.23. The Morgan fingerprint density at radius 3 is 1.09 bits per heavy atom. The number of carbonyl (C=O) groups excluding carboxylic acids is 3. The first-order valence-electron chi connectivity index (χ1n) is 14.9. The molecule has 0 atom stereocenters. The fourth-order valence-electron chi connectivity index (χ4n) is 3.95. The normalized spacial score (nSPS) is 9.85. The largest absolute Gasteiger partial charge is 0.497 e. The highest BCUT2D eigenvalue weighted by Gasteiger charge is 2.19. The van der Waals surface area contributed by atoms with Crippen LogP contribution in [0.4, 0.5) is 0 Å². The van der Waals surface area contributed by atoms with E-state index in [1.165, 1.54) is 19.4 Å². The topological polar surface area (TPSA) is 97.4 Å². The molecular weight excluding hydrogens is 596 g/mol. The second kappa shape index (κ2) is 20.1. The van der Waals surface area contributed by atoms with E-state index in [1.807, 2.05) is 42.5 Å². The average molecular weight is 645 g/mol. The van der Waals surface area contributed by atoms with Crippen molar-refractivity contribution in [3.63, 3.8) is 0 Å². The summed E-state index contributed by atoms with van der Waals surface area (Å²) in [6.07, 6.45) is 0. The Morgan fingerprint density at radius 2 is 0.787 bits per heavy atom. The molecule has 0 amide bonds. The van der Waals surface area contributed by atoms with Gasteiger partial charge in [-0.25, -0.2) is 0 Å². The molecule has 47 heavy (non-hydrogen) atoms. The van der Waals surface area contributed by atoms with Crippen molar-refractivity contribution < 1.29 is 38.1 Å². The molecule has 0 aliphatic carbocycles. The van der Waals surface area contributed by atoms with E-state index in [1.54, 1.807) is 91.0 Å². The number of carbonyl (C=O) groups is 3. The molecule has 0 spiro atoms. The van der Waals surface area contributed by atoms with E-state index >= 15 is 0 Å². The first kappa shape index (κ1) is 39.9. The zero-order valence-corrected chi connectivity index (χ0v) is 29.4. The quantitative estimate of drug-likeness (QED) is 0.176. The Balaban J connectivity index is 0.000000316. The number of hydrogen-bond acceptors (Lipinski definition) is 8. The Morgan fingerprint density at radius 1 is 0.447 bits per heavy atom. The van der Waals surface area contributed by atoms with Gasteiger partial charge in [0.2, 0.25) is 0 Å². The summed E-state index contributed by atoms with van der Waals surface area (Å²) in [7, 11) is 8.21. The molecule has 0 N–H and O–H groups in total. The van der Waals surface area contributed by atoms with Crippen LogP contribution in [-0.2, 0) is 5.41 Å². The van der Waals surface area contributed by atoms with Crippen LogP contribution in [0.2, 0.25) is 0 Å². The van der Waals surface area contributed by atoms with Crippen LogP contribution in [0.25, 0.3) is 0 Å². The lowest BCUT2D eigenvalue weighted by molar-refractivity contribution is 0.100. The third kappa shape index (κ3) is 13.8. The standard InChI is InChI=1S/C12H18O2.C10H10O2.C9H10O2.C8H10O2/c1-12(2,3)10-8-9(13-4)6-7-11(10)14-5;1-7(11)9-3-5-10(6-4-9)8(2)12;1-7(10)8-3-5-9(11-2)6-4-8;1-9-7-5-3-4-6-8(7)10-2/h6-8H,1-5H3;3-6H,1-2H3;3-6H,1-2H3;3-6H,1-2H3. The molecule has 4 aromatic rings. The van der Waals surface area contributed by atoms with Gasteiger partial charge in [-0.05, 0) is 80.8 Å². The number of para-hydroxylation sites is 2. The number of ether oxygens (including phenoxy) is 5. The predicted octanol–water partition coefficient (Wildman–Crippen LogP) is 8.69. The van der Waals surface area contributed by atoms with Gasteiger partial charge in [-0.3, -0.25) is 14.4 Å². The van der Waals surface area contributed by atoms with E-state index in [2.05, 4.69) is 20.8 Å². The predicted molar refractivity (Wildman–Crippen MR) is 187 cm³/mol. The first-order chi connectivity index (χ1) is 22.2. The van der Waals surface area contributed by atoms with Crippen molar-refractivity contribution in [1.82, 2.24) is 0 Å². The summed E-state index contributed by atoms with van der Waals surface area (Å²) in [6, 6.07) is 27.1. The minimum Gasteiger partial charge on any atom is -0.497 e. The molecule has 8 heteroatoms. The summed E-state index contributed by atoms with van der Waals surface area (Å²) in [6.45, 7) is 11.0. The second-order valence-electron chi connectivity index (χ2n) is 11.1.